The van der Waals surface area contributed by atoms with Crippen molar-refractivity contribution in [2.45, 2.75) is 98.4 Å². The Morgan fingerprint density at radius 2 is 1.67 bits per heavy atom. The third-order valence-corrected chi connectivity index (χ3v) is 4.83. The molecule has 21 heavy (non-hydrogen) atoms. The topological polar surface area (TPSA) is 30.7 Å². The van der Waals surface area contributed by atoms with Gasteiger partial charge in [0.15, 0.2) is 0 Å². The smallest absolute Gasteiger partial charge is 0.0883 e. The summed E-state index contributed by atoms with van der Waals surface area (Å²) < 4.78 is 2.07. The van der Waals surface area contributed by atoms with Crippen molar-refractivity contribution in [1.29, 1.82) is 0 Å². The summed E-state index contributed by atoms with van der Waals surface area (Å²) in [5.41, 5.74) is 1.58. The van der Waals surface area contributed by atoms with Gasteiger partial charge in [0, 0.05) is 11.6 Å². The van der Waals surface area contributed by atoms with E-state index >= 15 is 0 Å². The maximum absolute atomic E-state index is 4.49. The summed E-state index contributed by atoms with van der Waals surface area (Å²) in [6.45, 7) is 18.3. The van der Waals surface area contributed by atoms with Crippen molar-refractivity contribution < 1.29 is 0 Å². The molecule has 0 N–H and O–H groups in total. The van der Waals surface area contributed by atoms with Crippen molar-refractivity contribution in [3.8, 4) is 0 Å². The van der Waals surface area contributed by atoms with Gasteiger partial charge in [0.2, 0.25) is 0 Å². The summed E-state index contributed by atoms with van der Waals surface area (Å²) in [7, 11) is 0. The average Bonchev–Trinajstić information content (AvgIpc) is 2.86. The zero-order chi connectivity index (χ0) is 16.3. The molecule has 0 aliphatic carbocycles. The lowest BCUT2D eigenvalue weighted by Crippen LogP contribution is -2.28. The molecule has 0 spiro atoms. The normalized spacial score (nSPS) is 13.7. The van der Waals surface area contributed by atoms with Crippen molar-refractivity contribution >= 4 is 0 Å². The van der Waals surface area contributed by atoms with Gasteiger partial charge in [-0.25, -0.2) is 4.68 Å². The van der Waals surface area contributed by atoms with E-state index < -0.39 is 0 Å². The van der Waals surface area contributed by atoms with E-state index in [1.54, 1.807) is 0 Å². The van der Waals surface area contributed by atoms with Crippen LogP contribution in [0.15, 0.2) is 6.20 Å². The van der Waals surface area contributed by atoms with Gasteiger partial charge < -0.3 is 0 Å². The predicted molar refractivity (Wildman–Crippen MR) is 90.6 cm³/mol. The second kappa shape index (κ2) is 6.50. The van der Waals surface area contributed by atoms with Gasteiger partial charge in [0.25, 0.3) is 0 Å². The Morgan fingerprint density at radius 1 is 1.05 bits per heavy atom. The molecule has 3 heteroatoms. The molecule has 1 aromatic rings. The van der Waals surface area contributed by atoms with E-state index in [9.17, 15) is 0 Å². The molecular weight excluding hydrogens is 258 g/mol. The highest BCUT2D eigenvalue weighted by atomic mass is 15.4. The SMILES string of the molecule is CCCCC(C)(C)n1cc(C(C)(C)CC(C)(C)CC)nn1. The van der Waals surface area contributed by atoms with Crippen LogP contribution in [0.25, 0.3) is 0 Å². The van der Waals surface area contributed by atoms with Gasteiger partial charge in [-0.3, -0.25) is 0 Å². The lowest BCUT2D eigenvalue weighted by Gasteiger charge is -2.33. The van der Waals surface area contributed by atoms with Crippen LogP contribution in [0.1, 0.15) is 93.2 Å². The number of nitrogens with zero attached hydrogens (tertiary/aromatic N) is 3. The van der Waals surface area contributed by atoms with Gasteiger partial charge in [0.05, 0.1) is 11.2 Å². The van der Waals surface area contributed by atoms with Crippen LogP contribution in [0, 0.1) is 5.41 Å². The van der Waals surface area contributed by atoms with E-state index in [1.807, 2.05) is 0 Å². The molecule has 0 fully saturated rings. The minimum atomic E-state index is 0.0532. The maximum Gasteiger partial charge on any atom is 0.0883 e. The van der Waals surface area contributed by atoms with E-state index in [1.165, 1.54) is 19.3 Å². The fourth-order valence-electron chi connectivity index (χ4n) is 3.01. The monoisotopic (exact) mass is 293 g/mol. The first-order valence-corrected chi connectivity index (χ1v) is 8.47. The molecular formula is C18H35N3. The molecule has 0 saturated carbocycles. The standard InChI is InChI=1S/C18H35N3/c1-9-11-12-18(7,8)21-13-15(19-20-21)17(5,6)14-16(3,4)10-2/h13H,9-12,14H2,1-8H3. The van der Waals surface area contributed by atoms with Crippen LogP contribution in [0.3, 0.4) is 0 Å². The van der Waals surface area contributed by atoms with Crippen LogP contribution >= 0.6 is 0 Å². The van der Waals surface area contributed by atoms with E-state index in [0.29, 0.717) is 5.41 Å². The molecule has 1 rings (SSSR count). The second-order valence-electron chi connectivity index (χ2n) is 8.54. The molecule has 3 nitrogen and oxygen atoms in total. The quantitative estimate of drug-likeness (QED) is 0.650. The molecule has 0 aliphatic rings. The van der Waals surface area contributed by atoms with Crippen molar-refractivity contribution in [3.63, 3.8) is 0 Å². The lowest BCUT2D eigenvalue weighted by molar-refractivity contribution is 0.244. The first-order valence-electron chi connectivity index (χ1n) is 8.47. The molecule has 1 aromatic heterocycles. The largest absolute Gasteiger partial charge is 0.247 e. The number of rotatable bonds is 8. The summed E-state index contributed by atoms with van der Waals surface area (Å²) in [6, 6.07) is 0. The Kier molecular flexibility index (Phi) is 5.63. The molecule has 0 aromatic carbocycles. The van der Waals surface area contributed by atoms with Crippen LogP contribution in [-0.2, 0) is 11.0 Å². The molecule has 0 aliphatic heterocycles. The number of aromatic nitrogens is 3. The van der Waals surface area contributed by atoms with Crippen LogP contribution in [0.5, 0.6) is 0 Å². The van der Waals surface area contributed by atoms with Gasteiger partial charge in [-0.15, -0.1) is 5.10 Å². The Hall–Kier alpha value is -0.860. The Bertz CT molecular complexity index is 441. The van der Waals surface area contributed by atoms with Crippen molar-refractivity contribution in [2.75, 3.05) is 0 Å². The van der Waals surface area contributed by atoms with Gasteiger partial charge in [-0.05, 0) is 32.1 Å². The number of hydrogen-bond acceptors (Lipinski definition) is 2. The van der Waals surface area contributed by atoms with Gasteiger partial charge >= 0.3 is 0 Å². The Morgan fingerprint density at radius 3 is 2.19 bits per heavy atom. The second-order valence-corrected chi connectivity index (χ2v) is 8.54. The molecule has 0 amide bonds. The first-order chi connectivity index (χ1) is 9.54. The van der Waals surface area contributed by atoms with E-state index in [0.717, 1.165) is 18.5 Å². The Balaban J connectivity index is 2.91. The summed E-state index contributed by atoms with van der Waals surface area (Å²) in [6.07, 6.45) is 8.08. The van der Waals surface area contributed by atoms with E-state index in [4.69, 9.17) is 0 Å². The molecule has 1 heterocycles. The predicted octanol–water partition coefficient (Wildman–Crippen LogP) is 5.31. The highest BCUT2D eigenvalue weighted by Crippen LogP contribution is 2.38. The number of unbranched alkanes of at least 4 members (excludes halogenated alkanes) is 1. The zero-order valence-corrected chi connectivity index (χ0v) is 15.5. The summed E-state index contributed by atoms with van der Waals surface area (Å²) >= 11 is 0. The van der Waals surface area contributed by atoms with Crippen LogP contribution in [-0.4, -0.2) is 15.0 Å². The van der Waals surface area contributed by atoms with Gasteiger partial charge in [-0.1, -0.05) is 66.0 Å². The maximum atomic E-state index is 4.49. The Labute approximate surface area is 131 Å². The minimum absolute atomic E-state index is 0.0532. The molecule has 0 atom stereocenters. The summed E-state index contributed by atoms with van der Waals surface area (Å²) in [5, 5.41) is 8.92. The highest BCUT2D eigenvalue weighted by Gasteiger charge is 2.32. The summed E-state index contributed by atoms with van der Waals surface area (Å²) in [4.78, 5) is 0. The van der Waals surface area contributed by atoms with Crippen LogP contribution in [0.4, 0.5) is 0 Å². The van der Waals surface area contributed by atoms with Gasteiger partial charge in [0.1, 0.15) is 0 Å². The van der Waals surface area contributed by atoms with Gasteiger partial charge in [-0.2, -0.15) is 0 Å². The van der Waals surface area contributed by atoms with Crippen molar-refractivity contribution in [2.24, 2.45) is 5.41 Å². The summed E-state index contributed by atoms with van der Waals surface area (Å²) in [5.74, 6) is 0. The van der Waals surface area contributed by atoms with Crippen molar-refractivity contribution in [3.05, 3.63) is 11.9 Å². The molecule has 0 bridgehead atoms. The van der Waals surface area contributed by atoms with Crippen molar-refractivity contribution in [1.82, 2.24) is 15.0 Å². The third-order valence-electron chi connectivity index (χ3n) is 4.83. The number of hydrogen-bond donors (Lipinski definition) is 0. The van der Waals surface area contributed by atoms with Crippen LogP contribution < -0.4 is 0 Å². The lowest BCUT2D eigenvalue weighted by atomic mass is 9.72. The first kappa shape index (κ1) is 18.2. The molecule has 122 valence electrons. The van der Waals surface area contributed by atoms with E-state index in [-0.39, 0.29) is 11.0 Å². The third kappa shape index (κ3) is 4.82. The molecule has 0 unspecified atom stereocenters. The highest BCUT2D eigenvalue weighted by molar-refractivity contribution is 5.10. The van der Waals surface area contributed by atoms with E-state index in [2.05, 4.69) is 76.6 Å². The molecule has 0 saturated heterocycles. The molecule has 0 radical (unpaired) electrons. The average molecular weight is 293 g/mol. The van der Waals surface area contributed by atoms with Crippen LogP contribution in [0.2, 0.25) is 0 Å². The fraction of sp³-hybridized carbons (Fsp3) is 0.889. The fourth-order valence-corrected chi connectivity index (χ4v) is 3.01. The zero-order valence-electron chi connectivity index (χ0n) is 15.5. The minimum Gasteiger partial charge on any atom is -0.247 e.